The highest BCUT2D eigenvalue weighted by atomic mass is 19.2. The normalized spacial score (nSPS) is 13.9. The first-order valence-corrected chi connectivity index (χ1v) is 13.1. The van der Waals surface area contributed by atoms with Crippen LogP contribution in [0.5, 0.6) is 0 Å². The van der Waals surface area contributed by atoms with Gasteiger partial charge in [0.25, 0.3) is 0 Å². The van der Waals surface area contributed by atoms with Crippen molar-refractivity contribution in [1.82, 2.24) is 14.5 Å². The number of aliphatic carboxylic acids is 1. The third-order valence-corrected chi connectivity index (χ3v) is 7.43. The van der Waals surface area contributed by atoms with Crippen LogP contribution in [0.2, 0.25) is 0 Å². The summed E-state index contributed by atoms with van der Waals surface area (Å²) in [5.74, 6) is -2.94. The Hall–Kier alpha value is -4.43. The van der Waals surface area contributed by atoms with E-state index >= 15 is 0 Å². The number of nitrogens with zero attached hydrogens (tertiary/aromatic N) is 3. The van der Waals surface area contributed by atoms with Crippen LogP contribution in [0, 0.1) is 17.5 Å². The minimum absolute atomic E-state index is 0.0762. The summed E-state index contributed by atoms with van der Waals surface area (Å²) >= 11 is 0. The second-order valence-electron chi connectivity index (χ2n) is 10.1. The number of carbonyl (C=O) groups is 1. The van der Waals surface area contributed by atoms with Gasteiger partial charge in [0.2, 0.25) is 0 Å². The van der Waals surface area contributed by atoms with Gasteiger partial charge in [-0.1, -0.05) is 30.3 Å². The van der Waals surface area contributed by atoms with E-state index < -0.39 is 17.6 Å². The zero-order chi connectivity index (χ0) is 27.8. The SMILES string of the molecule is O=C(O)CCN1CCc2c(c3cc(F)ccc3n2Cc2cccc(/C=C/c3ccc4cc(F)c(F)cc4n3)c2)C1. The lowest BCUT2D eigenvalue weighted by molar-refractivity contribution is -0.137. The van der Waals surface area contributed by atoms with Crippen molar-refractivity contribution < 1.29 is 23.1 Å². The predicted octanol–water partition coefficient (Wildman–Crippen LogP) is 6.66. The smallest absolute Gasteiger partial charge is 0.304 e. The third kappa shape index (κ3) is 5.22. The minimum atomic E-state index is -0.927. The van der Waals surface area contributed by atoms with Gasteiger partial charge in [-0.25, -0.2) is 18.2 Å². The molecule has 0 atom stereocenters. The van der Waals surface area contributed by atoms with Gasteiger partial charge >= 0.3 is 5.97 Å². The maximum atomic E-state index is 14.2. The molecule has 40 heavy (non-hydrogen) atoms. The molecule has 0 aliphatic carbocycles. The Morgan fingerprint density at radius 2 is 1.82 bits per heavy atom. The van der Waals surface area contributed by atoms with E-state index in [-0.39, 0.29) is 12.2 Å². The molecule has 3 heterocycles. The van der Waals surface area contributed by atoms with Crippen LogP contribution in [0.3, 0.4) is 0 Å². The molecule has 1 aliphatic heterocycles. The fourth-order valence-electron chi connectivity index (χ4n) is 5.49. The number of halogens is 3. The second kappa shape index (κ2) is 10.6. The van der Waals surface area contributed by atoms with Crippen LogP contribution in [0.15, 0.2) is 66.7 Å². The second-order valence-corrected chi connectivity index (χ2v) is 10.1. The van der Waals surface area contributed by atoms with Gasteiger partial charge in [0.05, 0.1) is 17.6 Å². The highest BCUT2D eigenvalue weighted by Gasteiger charge is 2.24. The fraction of sp³-hybridized carbons (Fsp3) is 0.188. The number of carboxylic acids is 1. The predicted molar refractivity (Wildman–Crippen MR) is 149 cm³/mol. The average molecular weight is 542 g/mol. The number of fused-ring (bicyclic) bond motifs is 4. The van der Waals surface area contributed by atoms with Crippen molar-refractivity contribution >= 4 is 39.9 Å². The molecule has 0 spiro atoms. The zero-order valence-electron chi connectivity index (χ0n) is 21.6. The van der Waals surface area contributed by atoms with Crippen molar-refractivity contribution in [3.63, 3.8) is 0 Å². The van der Waals surface area contributed by atoms with E-state index in [1.807, 2.05) is 36.4 Å². The maximum Gasteiger partial charge on any atom is 0.304 e. The summed E-state index contributed by atoms with van der Waals surface area (Å²) in [5.41, 5.74) is 6.21. The molecule has 0 saturated heterocycles. The molecule has 0 saturated carbocycles. The van der Waals surface area contributed by atoms with Crippen molar-refractivity contribution in [2.24, 2.45) is 0 Å². The van der Waals surface area contributed by atoms with Crippen molar-refractivity contribution in [3.05, 3.63) is 112 Å². The van der Waals surface area contributed by atoms with E-state index in [1.54, 1.807) is 18.2 Å². The van der Waals surface area contributed by atoms with Crippen LogP contribution in [0.25, 0.3) is 34.0 Å². The van der Waals surface area contributed by atoms with Crippen LogP contribution < -0.4 is 0 Å². The Labute approximate surface area is 228 Å². The molecule has 0 amide bonds. The molecular formula is C32H26F3N3O2. The molecule has 6 rings (SSSR count). The van der Waals surface area contributed by atoms with Gasteiger partial charge in [0.15, 0.2) is 11.6 Å². The first-order valence-electron chi connectivity index (χ1n) is 13.1. The maximum absolute atomic E-state index is 14.2. The molecule has 0 unspecified atom stereocenters. The molecular weight excluding hydrogens is 515 g/mol. The Morgan fingerprint density at radius 3 is 2.67 bits per heavy atom. The largest absolute Gasteiger partial charge is 0.481 e. The first kappa shape index (κ1) is 25.8. The summed E-state index contributed by atoms with van der Waals surface area (Å²) in [6.07, 6.45) is 4.59. The average Bonchev–Trinajstić information content (AvgIpc) is 3.23. The fourth-order valence-corrected chi connectivity index (χ4v) is 5.49. The monoisotopic (exact) mass is 541 g/mol. The summed E-state index contributed by atoms with van der Waals surface area (Å²) in [7, 11) is 0. The van der Waals surface area contributed by atoms with Gasteiger partial charge in [-0.3, -0.25) is 9.69 Å². The molecule has 5 nitrogen and oxygen atoms in total. The lowest BCUT2D eigenvalue weighted by Crippen LogP contribution is -2.32. The van der Waals surface area contributed by atoms with Gasteiger partial charge in [-0.05, 0) is 59.2 Å². The highest BCUT2D eigenvalue weighted by molar-refractivity contribution is 5.86. The number of carboxylic acid groups (broad SMARTS) is 1. The molecule has 0 fully saturated rings. The lowest BCUT2D eigenvalue weighted by atomic mass is 10.0. The standard InChI is InChI=1S/C32H26F3N3O2/c33-23-6-9-30-25(16-23)26-19-37(13-11-32(39)40)12-10-31(26)38(30)18-21-3-1-2-20(14-21)4-7-24-8-5-22-15-27(34)28(35)17-29(22)36-24/h1-9,14-17H,10-13,18-19H2,(H,39,40)/b7-4+. The first-order chi connectivity index (χ1) is 19.3. The quantitative estimate of drug-likeness (QED) is 0.250. The minimum Gasteiger partial charge on any atom is -0.481 e. The topological polar surface area (TPSA) is 58.4 Å². The Balaban J connectivity index is 1.27. The number of rotatable bonds is 7. The van der Waals surface area contributed by atoms with Crippen molar-refractivity contribution in [2.75, 3.05) is 13.1 Å². The molecule has 3 aromatic carbocycles. The molecule has 8 heteroatoms. The molecule has 0 radical (unpaired) electrons. The van der Waals surface area contributed by atoms with Gasteiger partial charge in [0, 0.05) is 60.6 Å². The van der Waals surface area contributed by atoms with Crippen LogP contribution in [-0.4, -0.2) is 38.6 Å². The molecule has 0 bridgehead atoms. The van der Waals surface area contributed by atoms with E-state index in [9.17, 15) is 18.0 Å². The molecule has 202 valence electrons. The van der Waals surface area contributed by atoms with Gasteiger partial charge in [-0.2, -0.15) is 0 Å². The van der Waals surface area contributed by atoms with Gasteiger partial charge in [0.1, 0.15) is 5.82 Å². The summed E-state index contributed by atoms with van der Waals surface area (Å²) in [5, 5.41) is 10.5. The number of pyridine rings is 1. The molecule has 1 N–H and O–H groups in total. The summed E-state index contributed by atoms with van der Waals surface area (Å²) < 4.78 is 43.6. The van der Waals surface area contributed by atoms with E-state index in [4.69, 9.17) is 5.11 Å². The van der Waals surface area contributed by atoms with Crippen LogP contribution in [-0.2, 0) is 24.3 Å². The Bertz CT molecular complexity index is 1790. The lowest BCUT2D eigenvalue weighted by Gasteiger charge is -2.27. The van der Waals surface area contributed by atoms with Crippen molar-refractivity contribution in [1.29, 1.82) is 0 Å². The van der Waals surface area contributed by atoms with Crippen LogP contribution in [0.1, 0.15) is 34.5 Å². The number of aromatic nitrogens is 2. The van der Waals surface area contributed by atoms with E-state index in [0.717, 1.165) is 58.4 Å². The Morgan fingerprint density at radius 1 is 0.975 bits per heavy atom. The van der Waals surface area contributed by atoms with Crippen LogP contribution in [0.4, 0.5) is 13.2 Å². The molecule has 5 aromatic rings. The summed E-state index contributed by atoms with van der Waals surface area (Å²) in [6, 6.07) is 18.7. The number of hydrogen-bond acceptors (Lipinski definition) is 3. The third-order valence-electron chi connectivity index (χ3n) is 7.43. The van der Waals surface area contributed by atoms with Crippen LogP contribution >= 0.6 is 0 Å². The summed E-state index contributed by atoms with van der Waals surface area (Å²) in [4.78, 5) is 17.6. The zero-order valence-corrected chi connectivity index (χ0v) is 21.6. The summed E-state index contributed by atoms with van der Waals surface area (Å²) in [6.45, 7) is 2.40. The van der Waals surface area contributed by atoms with Crippen molar-refractivity contribution in [2.45, 2.75) is 25.9 Å². The van der Waals surface area contributed by atoms with Gasteiger partial charge in [-0.15, -0.1) is 0 Å². The molecule has 1 aliphatic rings. The number of benzene rings is 3. The highest BCUT2D eigenvalue weighted by Crippen LogP contribution is 2.32. The van der Waals surface area contributed by atoms with E-state index in [2.05, 4.69) is 20.5 Å². The van der Waals surface area contributed by atoms with Gasteiger partial charge < -0.3 is 9.67 Å². The van der Waals surface area contributed by atoms with Crippen molar-refractivity contribution in [3.8, 4) is 0 Å². The van der Waals surface area contributed by atoms with E-state index in [1.165, 1.54) is 6.07 Å². The molecule has 2 aromatic heterocycles. The van der Waals surface area contributed by atoms with E-state index in [0.29, 0.717) is 36.2 Å². The Kier molecular flexibility index (Phi) is 6.86. The number of hydrogen-bond donors (Lipinski definition) is 1.